The van der Waals surface area contributed by atoms with E-state index in [2.05, 4.69) is 9.24 Å². The summed E-state index contributed by atoms with van der Waals surface area (Å²) in [6.45, 7) is 1.64. The highest BCUT2D eigenvalue weighted by atomic mass is 31.0. The van der Waals surface area contributed by atoms with E-state index < -0.39 is 11.7 Å². The molecule has 0 saturated carbocycles. The van der Waals surface area contributed by atoms with Crippen molar-refractivity contribution in [3.05, 3.63) is 29.3 Å². The molecule has 0 heterocycles. The second-order valence-electron chi connectivity index (χ2n) is 2.59. The van der Waals surface area contributed by atoms with E-state index in [9.17, 15) is 13.2 Å². The predicted molar refractivity (Wildman–Crippen MR) is 45.5 cm³/mol. The van der Waals surface area contributed by atoms with Gasteiger partial charge in [-0.3, -0.25) is 0 Å². The van der Waals surface area contributed by atoms with Crippen molar-refractivity contribution in [2.75, 3.05) is 0 Å². The molecule has 1 atom stereocenters. The predicted octanol–water partition coefficient (Wildman–Crippen LogP) is 2.51. The van der Waals surface area contributed by atoms with Crippen LogP contribution in [0.4, 0.5) is 13.2 Å². The molecule has 0 aromatic heterocycles. The third-order valence-corrected chi connectivity index (χ3v) is 2.02. The van der Waals surface area contributed by atoms with Gasteiger partial charge in [0.25, 0.3) is 0 Å². The average Bonchev–Trinajstić information content (AvgIpc) is 1.92. The summed E-state index contributed by atoms with van der Waals surface area (Å²) in [7, 11) is 2.08. The Morgan fingerprint density at radius 3 is 2.25 bits per heavy atom. The monoisotopic (exact) mass is 192 g/mol. The molecule has 66 valence electrons. The van der Waals surface area contributed by atoms with Gasteiger partial charge in [0, 0.05) is 0 Å². The van der Waals surface area contributed by atoms with E-state index in [-0.39, 0.29) is 5.30 Å². The normalized spacial score (nSPS) is 11.8. The number of halogens is 3. The van der Waals surface area contributed by atoms with Crippen LogP contribution in [-0.2, 0) is 6.18 Å². The molecular formula is C8H8F3P. The smallest absolute Gasteiger partial charge is 0.166 e. The zero-order valence-corrected chi connectivity index (χ0v) is 7.60. The van der Waals surface area contributed by atoms with Gasteiger partial charge in [-0.2, -0.15) is 13.2 Å². The standard InChI is InChI=1S/C8H8F3P/c1-5-2-3-7(12)6(4-5)8(9,10)11/h2-4H,12H2,1H3. The first-order valence-electron chi connectivity index (χ1n) is 3.34. The summed E-state index contributed by atoms with van der Waals surface area (Å²) in [5.74, 6) is 0. The van der Waals surface area contributed by atoms with E-state index in [0.717, 1.165) is 6.07 Å². The van der Waals surface area contributed by atoms with Gasteiger partial charge in [-0.05, 0) is 18.3 Å². The summed E-state index contributed by atoms with van der Waals surface area (Å²) in [6, 6.07) is 4.24. The second-order valence-corrected chi connectivity index (χ2v) is 3.21. The van der Waals surface area contributed by atoms with Gasteiger partial charge in [0.1, 0.15) is 0 Å². The van der Waals surface area contributed by atoms with Crippen LogP contribution < -0.4 is 5.30 Å². The SMILES string of the molecule is Cc1ccc(P)c(C(F)(F)F)c1. The molecule has 0 aliphatic carbocycles. The average molecular weight is 192 g/mol. The van der Waals surface area contributed by atoms with E-state index in [4.69, 9.17) is 0 Å². The largest absolute Gasteiger partial charge is 0.417 e. The quantitative estimate of drug-likeness (QED) is 0.554. The Balaban J connectivity index is 3.23. The van der Waals surface area contributed by atoms with Crippen molar-refractivity contribution in [2.24, 2.45) is 0 Å². The van der Waals surface area contributed by atoms with Gasteiger partial charge in [-0.15, -0.1) is 9.24 Å². The Morgan fingerprint density at radius 2 is 1.83 bits per heavy atom. The highest BCUT2D eigenvalue weighted by Crippen LogP contribution is 2.29. The fraction of sp³-hybridized carbons (Fsp3) is 0.250. The van der Waals surface area contributed by atoms with Crippen molar-refractivity contribution in [1.82, 2.24) is 0 Å². The molecule has 12 heavy (non-hydrogen) atoms. The lowest BCUT2D eigenvalue weighted by molar-refractivity contribution is -0.136. The third-order valence-electron chi connectivity index (χ3n) is 1.51. The molecule has 0 aliphatic heterocycles. The van der Waals surface area contributed by atoms with Crippen molar-refractivity contribution in [1.29, 1.82) is 0 Å². The van der Waals surface area contributed by atoms with Crippen LogP contribution in [0.5, 0.6) is 0 Å². The highest BCUT2D eigenvalue weighted by molar-refractivity contribution is 7.27. The van der Waals surface area contributed by atoms with Crippen LogP contribution in [0.2, 0.25) is 0 Å². The van der Waals surface area contributed by atoms with Gasteiger partial charge in [-0.25, -0.2) is 0 Å². The van der Waals surface area contributed by atoms with Crippen molar-refractivity contribution in [2.45, 2.75) is 13.1 Å². The topological polar surface area (TPSA) is 0 Å². The van der Waals surface area contributed by atoms with E-state index in [0.29, 0.717) is 5.56 Å². The molecule has 1 rings (SSSR count). The van der Waals surface area contributed by atoms with E-state index in [1.165, 1.54) is 6.07 Å². The number of benzene rings is 1. The van der Waals surface area contributed by atoms with Gasteiger partial charge in [0.05, 0.1) is 5.56 Å². The summed E-state index contributed by atoms with van der Waals surface area (Å²) in [5.41, 5.74) is 0.0426. The third kappa shape index (κ3) is 1.98. The van der Waals surface area contributed by atoms with E-state index in [1.807, 2.05) is 0 Å². The molecule has 1 aromatic carbocycles. The molecule has 0 aliphatic rings. The summed E-state index contributed by atoms with van der Waals surface area (Å²) in [5, 5.41) is 0.188. The van der Waals surface area contributed by atoms with Crippen molar-refractivity contribution < 1.29 is 13.2 Å². The van der Waals surface area contributed by atoms with Gasteiger partial charge < -0.3 is 0 Å². The molecule has 0 saturated heterocycles. The fourth-order valence-corrected chi connectivity index (χ4v) is 1.26. The Hall–Kier alpha value is -0.560. The second kappa shape index (κ2) is 3.06. The number of aryl methyl sites for hydroxylation is 1. The maximum atomic E-state index is 12.2. The number of hydrogen-bond donors (Lipinski definition) is 0. The molecule has 4 heteroatoms. The molecule has 1 aromatic rings. The van der Waals surface area contributed by atoms with Crippen molar-refractivity contribution >= 4 is 14.5 Å². The first-order valence-corrected chi connectivity index (χ1v) is 3.92. The van der Waals surface area contributed by atoms with Gasteiger partial charge in [0.15, 0.2) is 0 Å². The van der Waals surface area contributed by atoms with Gasteiger partial charge >= 0.3 is 6.18 Å². The number of rotatable bonds is 0. The van der Waals surface area contributed by atoms with Crippen LogP contribution in [0, 0.1) is 6.92 Å². The Labute approximate surface area is 71.0 Å². The lowest BCUT2D eigenvalue weighted by atomic mass is 10.1. The van der Waals surface area contributed by atoms with Crippen molar-refractivity contribution in [3.8, 4) is 0 Å². The molecule has 0 nitrogen and oxygen atoms in total. The summed E-state index contributed by atoms with van der Waals surface area (Å²) < 4.78 is 36.6. The minimum Gasteiger partial charge on any atom is -0.166 e. The Bertz CT molecular complexity index is 291. The lowest BCUT2D eigenvalue weighted by Gasteiger charge is -2.09. The van der Waals surface area contributed by atoms with E-state index in [1.54, 1.807) is 13.0 Å². The van der Waals surface area contributed by atoms with Crippen LogP contribution in [-0.4, -0.2) is 0 Å². The minimum atomic E-state index is -4.25. The number of alkyl halides is 3. The van der Waals surface area contributed by atoms with Crippen LogP contribution in [0.3, 0.4) is 0 Å². The maximum absolute atomic E-state index is 12.2. The summed E-state index contributed by atoms with van der Waals surface area (Å²) in [4.78, 5) is 0. The molecular weight excluding hydrogens is 184 g/mol. The number of hydrogen-bond acceptors (Lipinski definition) is 0. The molecule has 0 N–H and O–H groups in total. The Morgan fingerprint density at radius 1 is 1.25 bits per heavy atom. The Kier molecular flexibility index (Phi) is 2.43. The summed E-state index contributed by atoms with van der Waals surface area (Å²) >= 11 is 0. The first kappa shape index (κ1) is 9.53. The van der Waals surface area contributed by atoms with Gasteiger partial charge in [0.2, 0.25) is 0 Å². The van der Waals surface area contributed by atoms with Crippen LogP contribution >= 0.6 is 9.24 Å². The fourth-order valence-electron chi connectivity index (χ4n) is 0.916. The van der Waals surface area contributed by atoms with Crippen LogP contribution in [0.1, 0.15) is 11.1 Å². The molecule has 0 amide bonds. The first-order chi connectivity index (χ1) is 5.41. The maximum Gasteiger partial charge on any atom is 0.417 e. The zero-order chi connectivity index (χ0) is 9.35. The molecule has 0 radical (unpaired) electrons. The molecule has 0 fully saturated rings. The highest BCUT2D eigenvalue weighted by Gasteiger charge is 2.32. The summed E-state index contributed by atoms with van der Waals surface area (Å²) in [6.07, 6.45) is -4.25. The molecule has 0 bridgehead atoms. The molecule has 1 unspecified atom stereocenters. The van der Waals surface area contributed by atoms with Gasteiger partial charge in [-0.1, -0.05) is 17.7 Å². The van der Waals surface area contributed by atoms with Crippen molar-refractivity contribution in [3.63, 3.8) is 0 Å². The zero-order valence-electron chi connectivity index (χ0n) is 6.44. The molecule has 0 spiro atoms. The minimum absolute atomic E-state index is 0.188. The van der Waals surface area contributed by atoms with Crippen LogP contribution in [0.25, 0.3) is 0 Å². The van der Waals surface area contributed by atoms with Crippen LogP contribution in [0.15, 0.2) is 18.2 Å². The lowest BCUT2D eigenvalue weighted by Crippen LogP contribution is -2.14. The van der Waals surface area contributed by atoms with E-state index >= 15 is 0 Å².